The molecule has 0 atom stereocenters. The summed E-state index contributed by atoms with van der Waals surface area (Å²) in [6.07, 6.45) is -1.25. The second kappa shape index (κ2) is 5.70. The maximum absolute atomic E-state index is 12.5. The third kappa shape index (κ3) is 3.62. The smallest absolute Gasteiger partial charge is 0.369 e. The summed E-state index contributed by atoms with van der Waals surface area (Å²) in [6.45, 7) is 0. The van der Waals surface area contributed by atoms with Crippen molar-refractivity contribution in [3.63, 3.8) is 0 Å². The van der Waals surface area contributed by atoms with Crippen molar-refractivity contribution >= 4 is 12.2 Å². The zero-order chi connectivity index (χ0) is 15.5. The lowest BCUT2D eigenvalue weighted by Gasteiger charge is -2.09. The molecule has 0 amide bonds. The standard InChI is InChI=1S/C13H12F3N5/c14-13(15,16)9-3-5-10(6-4-9)21-7-1-2-11(21)8-19-20-12(17)18/h1-8H,(H4,17,18,20)/b19-8+. The summed E-state index contributed by atoms with van der Waals surface area (Å²) in [5, 5.41) is 10.7. The molecule has 1 heterocycles. The quantitative estimate of drug-likeness (QED) is 0.461. The number of rotatable bonds is 3. The molecule has 8 heteroatoms. The minimum absolute atomic E-state index is 0.307. The van der Waals surface area contributed by atoms with Crippen LogP contribution in [-0.2, 0) is 6.18 Å². The lowest BCUT2D eigenvalue weighted by Crippen LogP contribution is -2.25. The van der Waals surface area contributed by atoms with E-state index in [4.69, 9.17) is 11.1 Å². The van der Waals surface area contributed by atoms with Crippen LogP contribution < -0.4 is 11.2 Å². The van der Waals surface area contributed by atoms with Crippen molar-refractivity contribution in [2.45, 2.75) is 6.18 Å². The van der Waals surface area contributed by atoms with Gasteiger partial charge in [0.05, 0.1) is 17.5 Å². The molecule has 4 N–H and O–H groups in total. The molecule has 0 spiro atoms. The van der Waals surface area contributed by atoms with Crippen molar-refractivity contribution in [3.05, 3.63) is 53.9 Å². The van der Waals surface area contributed by atoms with Crippen molar-refractivity contribution in [3.8, 4) is 5.69 Å². The minimum atomic E-state index is -4.36. The number of nitrogens with two attached hydrogens (primary N) is 1. The zero-order valence-electron chi connectivity index (χ0n) is 10.7. The number of nitrogens with one attached hydrogen (secondary N) is 2. The molecule has 0 radical (unpaired) electrons. The van der Waals surface area contributed by atoms with Crippen LogP contribution >= 0.6 is 0 Å². The Morgan fingerprint density at radius 1 is 1.24 bits per heavy atom. The van der Waals surface area contributed by atoms with Crippen molar-refractivity contribution < 1.29 is 13.2 Å². The molecule has 0 unspecified atom stereocenters. The molecule has 5 nitrogen and oxygen atoms in total. The summed E-state index contributed by atoms with van der Waals surface area (Å²) in [4.78, 5) is 0. The second-order valence-electron chi connectivity index (χ2n) is 4.13. The molecular weight excluding hydrogens is 283 g/mol. The number of hydrazone groups is 1. The summed E-state index contributed by atoms with van der Waals surface area (Å²) in [6, 6.07) is 8.24. The maximum atomic E-state index is 12.5. The lowest BCUT2D eigenvalue weighted by atomic mass is 10.2. The topological polar surface area (TPSA) is 79.2 Å². The molecule has 110 valence electrons. The third-order valence-electron chi connectivity index (χ3n) is 2.63. The van der Waals surface area contributed by atoms with Crippen molar-refractivity contribution in [2.75, 3.05) is 0 Å². The van der Waals surface area contributed by atoms with E-state index in [2.05, 4.69) is 10.5 Å². The Morgan fingerprint density at radius 3 is 2.48 bits per heavy atom. The Morgan fingerprint density at radius 2 is 1.90 bits per heavy atom. The SMILES string of the molecule is N=C(N)N/N=C/c1cccn1-c1ccc(C(F)(F)F)cc1. The molecule has 0 aliphatic rings. The van der Waals surface area contributed by atoms with Gasteiger partial charge in [0, 0.05) is 11.9 Å². The van der Waals surface area contributed by atoms with Gasteiger partial charge >= 0.3 is 6.18 Å². The predicted molar refractivity (Wildman–Crippen MR) is 73.4 cm³/mol. The van der Waals surface area contributed by atoms with E-state index in [0.29, 0.717) is 11.4 Å². The fourth-order valence-corrected chi connectivity index (χ4v) is 1.71. The van der Waals surface area contributed by atoms with E-state index in [-0.39, 0.29) is 5.96 Å². The van der Waals surface area contributed by atoms with Crippen LogP contribution in [0.3, 0.4) is 0 Å². The average Bonchev–Trinajstić information content (AvgIpc) is 2.86. The van der Waals surface area contributed by atoms with Gasteiger partial charge in [-0.1, -0.05) is 0 Å². The number of benzene rings is 1. The van der Waals surface area contributed by atoms with Crippen LogP contribution in [0.25, 0.3) is 5.69 Å². The number of nitrogens with zero attached hydrogens (tertiary/aromatic N) is 2. The van der Waals surface area contributed by atoms with Crippen molar-refractivity contribution in [2.24, 2.45) is 10.8 Å². The van der Waals surface area contributed by atoms with Gasteiger partial charge in [-0.2, -0.15) is 18.3 Å². The van der Waals surface area contributed by atoms with E-state index >= 15 is 0 Å². The Bertz CT molecular complexity index is 655. The molecule has 0 saturated heterocycles. The molecule has 2 aromatic rings. The number of hydrogen-bond donors (Lipinski definition) is 3. The van der Waals surface area contributed by atoms with Crippen LogP contribution in [-0.4, -0.2) is 16.7 Å². The third-order valence-corrected chi connectivity index (χ3v) is 2.63. The molecule has 1 aromatic carbocycles. The van der Waals surface area contributed by atoms with E-state index in [1.807, 2.05) is 0 Å². The maximum Gasteiger partial charge on any atom is 0.416 e. The fourth-order valence-electron chi connectivity index (χ4n) is 1.71. The average molecular weight is 295 g/mol. The fraction of sp³-hybridized carbons (Fsp3) is 0.0769. The molecule has 0 aliphatic carbocycles. The molecule has 2 rings (SSSR count). The van der Waals surface area contributed by atoms with Crippen LogP contribution in [0.2, 0.25) is 0 Å². The molecule has 0 saturated carbocycles. The van der Waals surface area contributed by atoms with Gasteiger partial charge in [-0.05, 0) is 36.4 Å². The predicted octanol–water partition coefficient (Wildman–Crippen LogP) is 2.31. The van der Waals surface area contributed by atoms with E-state index < -0.39 is 11.7 Å². The van der Waals surface area contributed by atoms with Gasteiger partial charge in [0.25, 0.3) is 0 Å². The normalized spacial score (nSPS) is 11.8. The second-order valence-corrected chi connectivity index (χ2v) is 4.13. The van der Waals surface area contributed by atoms with Crippen molar-refractivity contribution in [1.82, 2.24) is 9.99 Å². The first-order valence-corrected chi connectivity index (χ1v) is 5.86. The molecular formula is C13H12F3N5. The number of hydrogen-bond acceptors (Lipinski definition) is 2. The summed E-state index contributed by atoms with van der Waals surface area (Å²) in [5.41, 5.74) is 7.84. The Kier molecular flexibility index (Phi) is 3.97. The van der Waals surface area contributed by atoms with Gasteiger partial charge in [-0.15, -0.1) is 0 Å². The van der Waals surface area contributed by atoms with Gasteiger partial charge in [-0.3, -0.25) is 5.41 Å². The Hall–Kier alpha value is -2.77. The highest BCUT2D eigenvalue weighted by Gasteiger charge is 2.29. The highest BCUT2D eigenvalue weighted by Crippen LogP contribution is 2.29. The number of alkyl halides is 3. The molecule has 0 bridgehead atoms. The Balaban J connectivity index is 2.25. The van der Waals surface area contributed by atoms with Gasteiger partial charge in [0.1, 0.15) is 0 Å². The highest BCUT2D eigenvalue weighted by molar-refractivity contribution is 5.81. The van der Waals surface area contributed by atoms with E-state index in [1.165, 1.54) is 18.3 Å². The summed E-state index contributed by atoms with van der Waals surface area (Å²) in [5.74, 6) is -0.307. The lowest BCUT2D eigenvalue weighted by molar-refractivity contribution is -0.137. The molecule has 0 aliphatic heterocycles. The summed E-state index contributed by atoms with van der Waals surface area (Å²) in [7, 11) is 0. The first-order chi connectivity index (χ1) is 9.88. The summed E-state index contributed by atoms with van der Waals surface area (Å²) >= 11 is 0. The first kappa shape index (κ1) is 14.6. The van der Waals surface area contributed by atoms with E-state index in [1.54, 1.807) is 22.9 Å². The van der Waals surface area contributed by atoms with Gasteiger partial charge in [-0.25, -0.2) is 5.43 Å². The highest BCUT2D eigenvalue weighted by atomic mass is 19.4. The van der Waals surface area contributed by atoms with E-state index in [9.17, 15) is 13.2 Å². The van der Waals surface area contributed by atoms with E-state index in [0.717, 1.165) is 12.1 Å². The van der Waals surface area contributed by atoms with Crippen LogP contribution in [0, 0.1) is 5.41 Å². The van der Waals surface area contributed by atoms with Crippen LogP contribution in [0.1, 0.15) is 11.3 Å². The minimum Gasteiger partial charge on any atom is -0.369 e. The largest absolute Gasteiger partial charge is 0.416 e. The number of guanidine groups is 1. The van der Waals surface area contributed by atoms with Gasteiger partial charge in [0.15, 0.2) is 0 Å². The van der Waals surface area contributed by atoms with Crippen LogP contribution in [0.5, 0.6) is 0 Å². The number of halogens is 3. The van der Waals surface area contributed by atoms with Crippen LogP contribution in [0.15, 0.2) is 47.7 Å². The molecule has 1 aromatic heterocycles. The van der Waals surface area contributed by atoms with Crippen LogP contribution in [0.4, 0.5) is 13.2 Å². The Labute approximate surface area is 118 Å². The number of aromatic nitrogens is 1. The van der Waals surface area contributed by atoms with Gasteiger partial charge < -0.3 is 10.3 Å². The molecule has 0 fully saturated rings. The van der Waals surface area contributed by atoms with Crippen molar-refractivity contribution in [1.29, 1.82) is 5.41 Å². The monoisotopic (exact) mass is 295 g/mol. The zero-order valence-corrected chi connectivity index (χ0v) is 10.7. The molecule has 21 heavy (non-hydrogen) atoms. The first-order valence-electron chi connectivity index (χ1n) is 5.86. The van der Waals surface area contributed by atoms with Gasteiger partial charge in [0.2, 0.25) is 5.96 Å². The summed E-state index contributed by atoms with van der Waals surface area (Å²) < 4.78 is 39.2.